The van der Waals surface area contributed by atoms with Gasteiger partial charge in [0.05, 0.1) is 6.54 Å². The van der Waals surface area contributed by atoms with Gasteiger partial charge in [-0.3, -0.25) is 5.41 Å². The lowest BCUT2D eigenvalue weighted by Crippen LogP contribution is -2.31. The number of nitrogens with two attached hydrogens (primary N) is 1. The summed E-state index contributed by atoms with van der Waals surface area (Å²) < 4.78 is 0. The van der Waals surface area contributed by atoms with Gasteiger partial charge >= 0.3 is 0 Å². The number of guanidine groups is 1. The molecule has 4 nitrogen and oxygen atoms in total. The van der Waals surface area contributed by atoms with Crippen molar-refractivity contribution in [1.82, 2.24) is 5.01 Å². The van der Waals surface area contributed by atoms with Gasteiger partial charge in [-0.1, -0.05) is 26.7 Å². The molecule has 4 heteroatoms. The molecule has 0 saturated heterocycles. The molecule has 1 aliphatic heterocycles. The van der Waals surface area contributed by atoms with Crippen molar-refractivity contribution in [2.24, 2.45) is 16.8 Å². The molecule has 3 N–H and O–H groups in total. The fraction of sp³-hybridized carbons (Fsp3) is 0.800. The molecule has 0 bridgehead atoms. The van der Waals surface area contributed by atoms with Crippen molar-refractivity contribution in [3.8, 4) is 0 Å². The first kappa shape index (κ1) is 11.0. The van der Waals surface area contributed by atoms with Crippen molar-refractivity contribution in [3.63, 3.8) is 0 Å². The smallest absolute Gasteiger partial charge is 0.209 e. The van der Waals surface area contributed by atoms with E-state index in [2.05, 4.69) is 18.9 Å². The van der Waals surface area contributed by atoms with Crippen LogP contribution >= 0.6 is 0 Å². The average Bonchev–Trinajstić information content (AvgIpc) is 2.49. The van der Waals surface area contributed by atoms with Gasteiger partial charge in [-0.05, 0) is 12.8 Å². The molecule has 0 aromatic rings. The zero-order valence-electron chi connectivity index (χ0n) is 9.08. The van der Waals surface area contributed by atoms with Crippen molar-refractivity contribution >= 4 is 11.7 Å². The van der Waals surface area contributed by atoms with Gasteiger partial charge in [0.1, 0.15) is 0 Å². The first-order valence-corrected chi connectivity index (χ1v) is 5.34. The van der Waals surface area contributed by atoms with Crippen LogP contribution in [-0.2, 0) is 0 Å². The molecule has 0 aromatic heterocycles. The summed E-state index contributed by atoms with van der Waals surface area (Å²) in [5, 5.41) is 13.2. The maximum Gasteiger partial charge on any atom is 0.209 e. The number of hydrogen-bond acceptors (Lipinski definition) is 2. The van der Waals surface area contributed by atoms with E-state index >= 15 is 0 Å². The van der Waals surface area contributed by atoms with Crippen molar-refractivity contribution in [2.45, 2.75) is 39.5 Å². The van der Waals surface area contributed by atoms with Gasteiger partial charge in [0.15, 0.2) is 0 Å². The quantitative estimate of drug-likeness (QED) is 0.409. The Bertz CT molecular complexity index is 234. The Balaban J connectivity index is 2.43. The molecule has 1 aliphatic rings. The second kappa shape index (κ2) is 4.98. The maximum absolute atomic E-state index is 7.28. The fourth-order valence-corrected chi connectivity index (χ4v) is 1.66. The highest BCUT2D eigenvalue weighted by Crippen LogP contribution is 2.17. The second-order valence-corrected chi connectivity index (χ2v) is 3.92. The van der Waals surface area contributed by atoms with Crippen LogP contribution in [0, 0.1) is 11.3 Å². The molecule has 1 unspecified atom stereocenters. The third-order valence-electron chi connectivity index (χ3n) is 2.58. The van der Waals surface area contributed by atoms with Crippen LogP contribution in [0.5, 0.6) is 0 Å². The Kier molecular flexibility index (Phi) is 3.92. The summed E-state index contributed by atoms with van der Waals surface area (Å²) >= 11 is 0. The average molecular weight is 196 g/mol. The van der Waals surface area contributed by atoms with E-state index in [0.29, 0.717) is 5.92 Å². The molecular weight excluding hydrogens is 176 g/mol. The fourth-order valence-electron chi connectivity index (χ4n) is 1.66. The van der Waals surface area contributed by atoms with Crippen LogP contribution in [0.4, 0.5) is 0 Å². The molecule has 0 amide bonds. The standard InChI is InChI=1S/C10H20N4/c1-3-4-5-6-9-8(2)7-14(13-9)10(11)12/h8H,3-7H2,1-2H3,(H3,11,12). The van der Waals surface area contributed by atoms with Crippen molar-refractivity contribution in [1.29, 1.82) is 5.41 Å². The van der Waals surface area contributed by atoms with Gasteiger partial charge in [0.25, 0.3) is 0 Å². The van der Waals surface area contributed by atoms with Crippen LogP contribution in [0.15, 0.2) is 5.10 Å². The van der Waals surface area contributed by atoms with Crippen molar-refractivity contribution in [3.05, 3.63) is 0 Å². The van der Waals surface area contributed by atoms with Crippen LogP contribution < -0.4 is 5.73 Å². The molecule has 0 saturated carbocycles. The van der Waals surface area contributed by atoms with E-state index < -0.39 is 0 Å². The van der Waals surface area contributed by atoms with E-state index in [4.69, 9.17) is 11.1 Å². The topological polar surface area (TPSA) is 65.5 Å². The summed E-state index contributed by atoms with van der Waals surface area (Å²) in [5.74, 6) is 0.512. The van der Waals surface area contributed by atoms with Crippen LogP contribution in [-0.4, -0.2) is 23.2 Å². The summed E-state index contributed by atoms with van der Waals surface area (Å²) in [4.78, 5) is 0. The van der Waals surface area contributed by atoms with Gasteiger partial charge < -0.3 is 5.73 Å². The lowest BCUT2D eigenvalue weighted by molar-refractivity contribution is 0.448. The van der Waals surface area contributed by atoms with E-state index in [1.807, 2.05) is 0 Å². The lowest BCUT2D eigenvalue weighted by Gasteiger charge is -2.10. The van der Waals surface area contributed by atoms with Gasteiger partial charge in [-0.25, -0.2) is 5.01 Å². The minimum absolute atomic E-state index is 0.0577. The Hall–Kier alpha value is -1.06. The minimum atomic E-state index is 0.0577. The number of nitrogens with one attached hydrogen (secondary N) is 1. The van der Waals surface area contributed by atoms with Crippen LogP contribution in [0.3, 0.4) is 0 Å². The maximum atomic E-state index is 7.28. The van der Waals surface area contributed by atoms with Crippen molar-refractivity contribution < 1.29 is 0 Å². The third-order valence-corrected chi connectivity index (χ3v) is 2.58. The number of rotatable bonds is 4. The predicted octanol–water partition coefficient (Wildman–Crippen LogP) is 1.77. The zero-order valence-corrected chi connectivity index (χ0v) is 9.08. The van der Waals surface area contributed by atoms with E-state index in [-0.39, 0.29) is 5.96 Å². The van der Waals surface area contributed by atoms with E-state index in [1.54, 1.807) is 5.01 Å². The molecular formula is C10H20N4. The highest BCUT2D eigenvalue weighted by atomic mass is 15.5. The second-order valence-electron chi connectivity index (χ2n) is 3.92. The molecule has 0 aliphatic carbocycles. The SMILES string of the molecule is CCCCCC1=NN(C(=N)N)CC1C. The van der Waals surface area contributed by atoms with Crippen molar-refractivity contribution in [2.75, 3.05) is 6.54 Å². The largest absolute Gasteiger partial charge is 0.369 e. The normalized spacial score (nSPS) is 21.1. The van der Waals surface area contributed by atoms with Crippen LogP contribution in [0.1, 0.15) is 39.5 Å². The molecule has 1 atom stereocenters. The lowest BCUT2D eigenvalue weighted by atomic mass is 10.0. The Morgan fingerprint density at radius 1 is 1.64 bits per heavy atom. The summed E-state index contributed by atoms with van der Waals surface area (Å²) in [5.41, 5.74) is 6.58. The summed E-state index contributed by atoms with van der Waals surface area (Å²) in [6.07, 6.45) is 4.74. The molecule has 0 aromatic carbocycles. The summed E-state index contributed by atoms with van der Waals surface area (Å²) in [6.45, 7) is 5.12. The molecule has 1 heterocycles. The molecule has 0 radical (unpaired) electrons. The van der Waals surface area contributed by atoms with Crippen LogP contribution in [0.25, 0.3) is 0 Å². The monoisotopic (exact) mass is 196 g/mol. The van der Waals surface area contributed by atoms with E-state index in [1.165, 1.54) is 25.0 Å². The van der Waals surface area contributed by atoms with Gasteiger partial charge in [0.2, 0.25) is 5.96 Å². The highest BCUT2D eigenvalue weighted by Gasteiger charge is 2.23. The van der Waals surface area contributed by atoms with E-state index in [0.717, 1.165) is 13.0 Å². The third kappa shape index (κ3) is 2.72. The molecule has 0 fully saturated rings. The Morgan fingerprint density at radius 2 is 2.36 bits per heavy atom. The molecule has 14 heavy (non-hydrogen) atoms. The highest BCUT2D eigenvalue weighted by molar-refractivity contribution is 5.90. The number of hydrogen-bond donors (Lipinski definition) is 2. The molecule has 80 valence electrons. The Labute approximate surface area is 85.7 Å². The molecule has 0 spiro atoms. The summed E-state index contributed by atoms with van der Waals surface area (Å²) in [6, 6.07) is 0. The number of unbranched alkanes of at least 4 members (excludes halogenated alkanes) is 2. The van der Waals surface area contributed by atoms with E-state index in [9.17, 15) is 0 Å². The number of nitrogens with zero attached hydrogens (tertiary/aromatic N) is 2. The summed E-state index contributed by atoms with van der Waals surface area (Å²) in [7, 11) is 0. The van der Waals surface area contributed by atoms with Gasteiger partial charge in [-0.2, -0.15) is 5.10 Å². The predicted molar refractivity (Wildman–Crippen MR) is 59.4 cm³/mol. The molecule has 1 rings (SSSR count). The van der Waals surface area contributed by atoms with Gasteiger partial charge in [-0.15, -0.1) is 0 Å². The number of hydrazone groups is 1. The Morgan fingerprint density at radius 3 is 2.86 bits per heavy atom. The van der Waals surface area contributed by atoms with Gasteiger partial charge in [0, 0.05) is 11.6 Å². The zero-order chi connectivity index (χ0) is 10.6. The van der Waals surface area contributed by atoms with Crippen LogP contribution in [0.2, 0.25) is 0 Å². The first-order chi connectivity index (χ1) is 6.65. The first-order valence-electron chi connectivity index (χ1n) is 5.34. The minimum Gasteiger partial charge on any atom is -0.369 e.